The molecular formula is C15H24N2O3. The normalized spacial score (nSPS) is 15.9. The lowest BCUT2D eigenvalue weighted by molar-refractivity contribution is -0.133. The summed E-state index contributed by atoms with van der Waals surface area (Å²) < 4.78 is 10.8. The van der Waals surface area contributed by atoms with E-state index in [0.29, 0.717) is 24.7 Å². The van der Waals surface area contributed by atoms with Crippen molar-refractivity contribution < 1.29 is 14.3 Å². The van der Waals surface area contributed by atoms with E-state index in [9.17, 15) is 4.79 Å². The molecule has 0 bridgehead atoms. The largest absolute Gasteiger partial charge is 0.474 e. The molecule has 0 aromatic carbocycles. The molecule has 0 fully saturated rings. The number of aryl methyl sites for hydroxylation is 1. The number of methoxy groups -OCH3 is 1. The van der Waals surface area contributed by atoms with Crippen LogP contribution in [-0.2, 0) is 9.53 Å². The van der Waals surface area contributed by atoms with Gasteiger partial charge in [0.15, 0.2) is 17.2 Å². The number of rotatable bonds is 3. The van der Waals surface area contributed by atoms with Crippen LogP contribution in [0, 0.1) is 6.92 Å². The summed E-state index contributed by atoms with van der Waals surface area (Å²) in [6.07, 6.45) is 1.73. The molecule has 0 unspecified atom stereocenters. The lowest BCUT2D eigenvalue weighted by atomic mass is 10.1. The van der Waals surface area contributed by atoms with E-state index < -0.39 is 5.60 Å². The summed E-state index contributed by atoms with van der Waals surface area (Å²) in [6, 6.07) is 1.90. The topological polar surface area (TPSA) is 51.7 Å². The minimum atomic E-state index is -0.865. The third kappa shape index (κ3) is 3.28. The first-order chi connectivity index (χ1) is 9.45. The quantitative estimate of drug-likeness (QED) is 0.854. The second-order valence-corrected chi connectivity index (χ2v) is 4.90. The predicted octanol–water partition coefficient (Wildman–Crippen LogP) is 2.57. The Balaban J connectivity index is 0.000000956. The Morgan fingerprint density at radius 2 is 2.05 bits per heavy atom. The van der Waals surface area contributed by atoms with Gasteiger partial charge in [0.1, 0.15) is 0 Å². The molecule has 5 nitrogen and oxygen atoms in total. The number of carbonyl (C=O) groups is 1. The van der Waals surface area contributed by atoms with Gasteiger partial charge in [0.05, 0.1) is 13.2 Å². The Kier molecular flexibility index (Phi) is 5.51. The van der Waals surface area contributed by atoms with Crippen molar-refractivity contribution in [3.05, 3.63) is 17.8 Å². The maximum absolute atomic E-state index is 12.3. The average molecular weight is 280 g/mol. The molecule has 0 atom stereocenters. The van der Waals surface area contributed by atoms with E-state index in [1.165, 1.54) is 0 Å². The molecule has 1 aromatic rings. The fourth-order valence-corrected chi connectivity index (χ4v) is 1.94. The number of anilines is 1. The molecule has 112 valence electrons. The van der Waals surface area contributed by atoms with Crippen LogP contribution in [0.1, 0.15) is 33.3 Å². The molecule has 5 heteroatoms. The third-order valence-electron chi connectivity index (χ3n) is 2.87. The molecule has 0 aliphatic carbocycles. The first-order valence-electron chi connectivity index (χ1n) is 6.92. The molecule has 1 aromatic heterocycles. The summed E-state index contributed by atoms with van der Waals surface area (Å²) in [5, 5.41) is 0. The van der Waals surface area contributed by atoms with Gasteiger partial charge in [0.2, 0.25) is 0 Å². The molecule has 0 N–H and O–H groups in total. The van der Waals surface area contributed by atoms with Crippen molar-refractivity contribution >= 4 is 11.7 Å². The molecule has 1 amide bonds. The summed E-state index contributed by atoms with van der Waals surface area (Å²) in [7, 11) is 1.61. The van der Waals surface area contributed by atoms with E-state index in [1.807, 2.05) is 26.8 Å². The van der Waals surface area contributed by atoms with E-state index >= 15 is 0 Å². The number of pyridine rings is 1. The highest BCUT2D eigenvalue weighted by molar-refractivity contribution is 6.01. The molecule has 20 heavy (non-hydrogen) atoms. The standard InChI is InChI=1S/C13H18N2O3.C2H6/c1-9-7-10-11(14-8-9)15(5-6-17-4)12(16)13(2,3)18-10;1-2/h7-8H,5-6H2,1-4H3;1-2H3. The Morgan fingerprint density at radius 3 is 2.65 bits per heavy atom. The van der Waals surface area contributed by atoms with Crippen molar-refractivity contribution in [3.8, 4) is 5.75 Å². The minimum Gasteiger partial charge on any atom is -0.474 e. The molecule has 2 rings (SSSR count). The average Bonchev–Trinajstić information content (AvgIpc) is 2.41. The molecule has 0 saturated heterocycles. The van der Waals surface area contributed by atoms with Crippen LogP contribution in [0.15, 0.2) is 12.3 Å². The smallest absolute Gasteiger partial charge is 0.271 e. The van der Waals surface area contributed by atoms with Crippen LogP contribution >= 0.6 is 0 Å². The minimum absolute atomic E-state index is 0.0941. The number of carbonyl (C=O) groups excluding carboxylic acids is 1. The van der Waals surface area contributed by atoms with E-state index in [2.05, 4.69) is 4.98 Å². The predicted molar refractivity (Wildman–Crippen MR) is 79.3 cm³/mol. The van der Waals surface area contributed by atoms with Gasteiger partial charge in [0, 0.05) is 13.3 Å². The SMILES string of the molecule is CC.COCCN1C(=O)C(C)(C)Oc2cc(C)cnc21. The second-order valence-electron chi connectivity index (χ2n) is 4.90. The van der Waals surface area contributed by atoms with Crippen LogP contribution in [0.2, 0.25) is 0 Å². The van der Waals surface area contributed by atoms with Crippen LogP contribution in [0.25, 0.3) is 0 Å². The number of hydrogen-bond donors (Lipinski definition) is 0. The summed E-state index contributed by atoms with van der Waals surface area (Å²) >= 11 is 0. The van der Waals surface area contributed by atoms with Crippen LogP contribution < -0.4 is 9.64 Å². The van der Waals surface area contributed by atoms with Crippen molar-refractivity contribution in [2.75, 3.05) is 25.2 Å². The van der Waals surface area contributed by atoms with Gasteiger partial charge in [-0.3, -0.25) is 9.69 Å². The number of fused-ring (bicyclic) bond motifs is 1. The maximum Gasteiger partial charge on any atom is 0.271 e. The molecule has 2 heterocycles. The van der Waals surface area contributed by atoms with Crippen LogP contribution in [0.3, 0.4) is 0 Å². The Labute approximate surface area is 120 Å². The van der Waals surface area contributed by atoms with Crippen molar-refractivity contribution in [2.45, 2.75) is 40.2 Å². The highest BCUT2D eigenvalue weighted by Crippen LogP contribution is 2.36. The Hall–Kier alpha value is -1.62. The fourth-order valence-electron chi connectivity index (χ4n) is 1.94. The molecular weight excluding hydrogens is 256 g/mol. The third-order valence-corrected chi connectivity index (χ3v) is 2.87. The van der Waals surface area contributed by atoms with Gasteiger partial charge in [-0.15, -0.1) is 0 Å². The van der Waals surface area contributed by atoms with Gasteiger partial charge in [0.25, 0.3) is 5.91 Å². The Morgan fingerprint density at radius 1 is 1.40 bits per heavy atom. The fraction of sp³-hybridized carbons (Fsp3) is 0.600. The highest BCUT2D eigenvalue weighted by Gasteiger charge is 2.41. The lowest BCUT2D eigenvalue weighted by Crippen LogP contribution is -2.53. The first-order valence-corrected chi connectivity index (χ1v) is 6.92. The van der Waals surface area contributed by atoms with Crippen molar-refractivity contribution in [1.29, 1.82) is 0 Å². The molecule has 1 aliphatic rings. The molecule has 1 aliphatic heterocycles. The van der Waals surface area contributed by atoms with Gasteiger partial charge in [-0.25, -0.2) is 4.98 Å². The van der Waals surface area contributed by atoms with E-state index in [4.69, 9.17) is 9.47 Å². The number of ether oxygens (including phenoxy) is 2. The highest BCUT2D eigenvalue weighted by atomic mass is 16.5. The van der Waals surface area contributed by atoms with Crippen LogP contribution in [-0.4, -0.2) is 36.8 Å². The molecule has 0 spiro atoms. The zero-order valence-corrected chi connectivity index (χ0v) is 13.2. The monoisotopic (exact) mass is 280 g/mol. The van der Waals surface area contributed by atoms with Crippen molar-refractivity contribution in [1.82, 2.24) is 4.98 Å². The number of amides is 1. The zero-order valence-electron chi connectivity index (χ0n) is 13.2. The van der Waals surface area contributed by atoms with Crippen LogP contribution in [0.4, 0.5) is 5.82 Å². The van der Waals surface area contributed by atoms with Crippen molar-refractivity contribution in [2.24, 2.45) is 0 Å². The summed E-state index contributed by atoms with van der Waals surface area (Å²) in [5.41, 5.74) is 0.140. The van der Waals surface area contributed by atoms with Crippen molar-refractivity contribution in [3.63, 3.8) is 0 Å². The summed E-state index contributed by atoms with van der Waals surface area (Å²) in [6.45, 7) is 10.4. The van der Waals surface area contributed by atoms with Gasteiger partial charge in [-0.05, 0) is 32.4 Å². The van der Waals surface area contributed by atoms with Crippen LogP contribution in [0.5, 0.6) is 5.75 Å². The summed E-state index contributed by atoms with van der Waals surface area (Å²) in [4.78, 5) is 18.2. The van der Waals surface area contributed by atoms with Gasteiger partial charge in [-0.1, -0.05) is 13.8 Å². The van der Waals surface area contributed by atoms with E-state index in [-0.39, 0.29) is 5.91 Å². The maximum atomic E-state index is 12.3. The zero-order chi connectivity index (χ0) is 15.3. The van der Waals surface area contributed by atoms with E-state index in [1.54, 1.807) is 32.1 Å². The van der Waals surface area contributed by atoms with E-state index in [0.717, 1.165) is 5.56 Å². The van der Waals surface area contributed by atoms with Gasteiger partial charge < -0.3 is 9.47 Å². The lowest BCUT2D eigenvalue weighted by Gasteiger charge is -2.37. The molecule has 0 radical (unpaired) electrons. The summed E-state index contributed by atoms with van der Waals surface area (Å²) in [5.74, 6) is 1.13. The Bertz CT molecular complexity index is 472. The van der Waals surface area contributed by atoms with Gasteiger partial charge in [-0.2, -0.15) is 0 Å². The number of nitrogens with zero attached hydrogens (tertiary/aromatic N) is 2. The second kappa shape index (κ2) is 6.70. The molecule has 0 saturated carbocycles. The number of aromatic nitrogens is 1. The number of hydrogen-bond acceptors (Lipinski definition) is 4. The van der Waals surface area contributed by atoms with Gasteiger partial charge >= 0.3 is 0 Å². The first kappa shape index (κ1) is 16.4.